The number of aliphatic carboxylic acids is 1. The molecule has 1 aromatic carbocycles. The van der Waals surface area contributed by atoms with Crippen LogP contribution < -0.4 is 10.6 Å². The highest BCUT2D eigenvalue weighted by molar-refractivity contribution is 7.98. The van der Waals surface area contributed by atoms with Gasteiger partial charge in [-0.1, -0.05) is 12.1 Å². The van der Waals surface area contributed by atoms with Gasteiger partial charge in [-0.15, -0.1) is 0 Å². The van der Waals surface area contributed by atoms with Crippen LogP contribution in [-0.4, -0.2) is 65.0 Å². The Hall–Kier alpha value is -2.55. The van der Waals surface area contributed by atoms with E-state index in [0.717, 1.165) is 4.90 Å². The van der Waals surface area contributed by atoms with Crippen LogP contribution in [0.4, 0.5) is 4.79 Å². The van der Waals surface area contributed by atoms with Crippen LogP contribution in [0.5, 0.6) is 0 Å². The fourth-order valence-electron chi connectivity index (χ4n) is 2.58. The molecule has 26 heavy (non-hydrogen) atoms. The molecule has 0 spiro atoms. The summed E-state index contributed by atoms with van der Waals surface area (Å²) in [6, 6.07) is 5.11. The van der Waals surface area contributed by atoms with Gasteiger partial charge in [0, 0.05) is 13.1 Å². The second-order valence-corrected chi connectivity index (χ2v) is 6.72. The van der Waals surface area contributed by atoms with Crippen molar-refractivity contribution in [2.24, 2.45) is 0 Å². The number of rotatable bonds is 9. The van der Waals surface area contributed by atoms with E-state index < -0.39 is 18.0 Å². The predicted octanol–water partition coefficient (Wildman–Crippen LogP) is 1.18. The van der Waals surface area contributed by atoms with E-state index in [9.17, 15) is 19.2 Å². The number of nitrogens with one attached hydrogen (secondary N) is 2. The lowest BCUT2D eigenvalue weighted by Crippen LogP contribution is -2.46. The molecular formula is C17H21N3O5S. The Balaban J connectivity index is 1.75. The van der Waals surface area contributed by atoms with Crippen LogP contribution >= 0.6 is 11.8 Å². The van der Waals surface area contributed by atoms with Crippen molar-refractivity contribution in [1.29, 1.82) is 0 Å². The fraction of sp³-hybridized carbons (Fsp3) is 0.412. The van der Waals surface area contributed by atoms with Crippen LogP contribution in [0.25, 0.3) is 0 Å². The molecule has 2 rings (SSSR count). The maximum absolute atomic E-state index is 12.2. The minimum absolute atomic E-state index is 0.182. The third-order valence-corrected chi connectivity index (χ3v) is 4.58. The Labute approximate surface area is 155 Å². The minimum atomic E-state index is -1.08. The summed E-state index contributed by atoms with van der Waals surface area (Å²) in [5, 5.41) is 14.0. The number of hydrogen-bond acceptors (Lipinski definition) is 5. The summed E-state index contributed by atoms with van der Waals surface area (Å²) in [4.78, 5) is 48.4. The Kier molecular flexibility index (Phi) is 7.02. The molecule has 1 aliphatic rings. The highest BCUT2D eigenvalue weighted by Gasteiger charge is 2.34. The van der Waals surface area contributed by atoms with Crippen LogP contribution in [0, 0.1) is 0 Å². The molecular weight excluding hydrogens is 358 g/mol. The number of imide groups is 1. The van der Waals surface area contributed by atoms with Gasteiger partial charge < -0.3 is 15.7 Å². The van der Waals surface area contributed by atoms with Gasteiger partial charge in [-0.25, -0.2) is 9.59 Å². The maximum Gasteiger partial charge on any atom is 0.326 e. The van der Waals surface area contributed by atoms with E-state index in [0.29, 0.717) is 29.7 Å². The zero-order chi connectivity index (χ0) is 19.1. The first-order valence-corrected chi connectivity index (χ1v) is 9.56. The zero-order valence-corrected chi connectivity index (χ0v) is 15.2. The van der Waals surface area contributed by atoms with Gasteiger partial charge in [-0.3, -0.25) is 14.5 Å². The molecule has 0 saturated carbocycles. The lowest BCUT2D eigenvalue weighted by Gasteiger charge is -2.16. The van der Waals surface area contributed by atoms with Crippen molar-refractivity contribution in [3.8, 4) is 0 Å². The number of nitrogens with zero attached hydrogens (tertiary/aromatic N) is 1. The number of carbonyl (C=O) groups is 4. The van der Waals surface area contributed by atoms with Gasteiger partial charge in [0.05, 0.1) is 11.1 Å². The van der Waals surface area contributed by atoms with Crippen LogP contribution in [0.2, 0.25) is 0 Å². The van der Waals surface area contributed by atoms with Crippen molar-refractivity contribution >= 4 is 35.6 Å². The molecule has 4 amide bonds. The molecule has 8 nitrogen and oxygen atoms in total. The standard InChI is InChI=1S/C17H21N3O5S/c1-26-10-7-13(16(23)24)19-17(25)18-8-4-9-20-14(21)11-5-2-3-6-12(11)15(20)22/h2-3,5-6,13H,4,7-10H2,1H3,(H,23,24)(H2,18,19,25). The third-order valence-electron chi connectivity index (χ3n) is 3.94. The summed E-state index contributed by atoms with van der Waals surface area (Å²) in [6.45, 7) is 0.398. The quantitative estimate of drug-likeness (QED) is 0.438. The van der Waals surface area contributed by atoms with Gasteiger partial charge in [0.1, 0.15) is 6.04 Å². The third kappa shape index (κ3) is 4.75. The Morgan fingerprint density at radius 3 is 2.35 bits per heavy atom. The van der Waals surface area contributed by atoms with Crippen molar-refractivity contribution in [2.75, 3.05) is 25.1 Å². The monoisotopic (exact) mass is 379 g/mol. The molecule has 1 unspecified atom stereocenters. The summed E-state index contributed by atoms with van der Waals surface area (Å²) in [5.41, 5.74) is 0.780. The molecule has 0 saturated heterocycles. The predicted molar refractivity (Wildman–Crippen MR) is 97.4 cm³/mol. The van der Waals surface area contributed by atoms with E-state index in [1.54, 1.807) is 24.3 Å². The lowest BCUT2D eigenvalue weighted by atomic mass is 10.1. The average Bonchev–Trinajstić information content (AvgIpc) is 2.87. The smallest absolute Gasteiger partial charge is 0.326 e. The van der Waals surface area contributed by atoms with Gasteiger partial charge in [0.15, 0.2) is 0 Å². The Morgan fingerprint density at radius 2 is 1.81 bits per heavy atom. The Bertz CT molecular complexity index is 674. The van der Waals surface area contributed by atoms with Crippen molar-refractivity contribution in [3.63, 3.8) is 0 Å². The second-order valence-electron chi connectivity index (χ2n) is 5.73. The molecule has 140 valence electrons. The number of carbonyl (C=O) groups excluding carboxylic acids is 3. The van der Waals surface area contributed by atoms with Crippen LogP contribution in [0.1, 0.15) is 33.6 Å². The number of amides is 4. The summed E-state index contributed by atoms with van der Waals surface area (Å²) < 4.78 is 0. The van der Waals surface area contributed by atoms with Crippen LogP contribution in [-0.2, 0) is 4.79 Å². The maximum atomic E-state index is 12.2. The second kappa shape index (κ2) is 9.23. The number of fused-ring (bicyclic) bond motifs is 1. The summed E-state index contributed by atoms with van der Waals surface area (Å²) in [5.74, 6) is -1.13. The normalized spacial score (nSPS) is 14.1. The minimum Gasteiger partial charge on any atom is -0.480 e. The number of hydrogen-bond donors (Lipinski definition) is 3. The van der Waals surface area contributed by atoms with Crippen molar-refractivity contribution in [1.82, 2.24) is 15.5 Å². The molecule has 9 heteroatoms. The summed E-state index contributed by atoms with van der Waals surface area (Å²) in [6.07, 6.45) is 2.57. The topological polar surface area (TPSA) is 116 Å². The number of benzene rings is 1. The van der Waals surface area contributed by atoms with Gasteiger partial charge >= 0.3 is 12.0 Å². The fourth-order valence-corrected chi connectivity index (χ4v) is 3.06. The largest absolute Gasteiger partial charge is 0.480 e. The highest BCUT2D eigenvalue weighted by Crippen LogP contribution is 2.22. The van der Waals surface area contributed by atoms with Gasteiger partial charge in [-0.2, -0.15) is 11.8 Å². The molecule has 1 aliphatic heterocycles. The van der Waals surface area contributed by atoms with Crippen LogP contribution in [0.15, 0.2) is 24.3 Å². The van der Waals surface area contributed by atoms with Crippen molar-refractivity contribution in [2.45, 2.75) is 18.9 Å². The Morgan fingerprint density at radius 1 is 1.19 bits per heavy atom. The molecule has 1 heterocycles. The van der Waals surface area contributed by atoms with E-state index in [1.165, 1.54) is 11.8 Å². The molecule has 1 atom stereocenters. The molecule has 0 bridgehead atoms. The number of carboxylic acid groups (broad SMARTS) is 1. The molecule has 0 radical (unpaired) electrons. The lowest BCUT2D eigenvalue weighted by molar-refractivity contribution is -0.139. The average molecular weight is 379 g/mol. The van der Waals surface area contributed by atoms with Gasteiger partial charge in [0.2, 0.25) is 0 Å². The SMILES string of the molecule is CSCCC(NC(=O)NCCCN1C(=O)c2ccccc2C1=O)C(=O)O. The molecule has 1 aromatic rings. The van der Waals surface area contributed by atoms with Crippen LogP contribution in [0.3, 0.4) is 0 Å². The van der Waals surface area contributed by atoms with Crippen molar-refractivity contribution in [3.05, 3.63) is 35.4 Å². The van der Waals surface area contributed by atoms with Gasteiger partial charge in [-0.05, 0) is 37.0 Å². The number of thioether (sulfide) groups is 1. The van der Waals surface area contributed by atoms with E-state index in [1.807, 2.05) is 6.26 Å². The van der Waals surface area contributed by atoms with E-state index >= 15 is 0 Å². The zero-order valence-electron chi connectivity index (χ0n) is 14.4. The van der Waals surface area contributed by atoms with Crippen molar-refractivity contribution < 1.29 is 24.3 Å². The first-order valence-electron chi connectivity index (χ1n) is 8.17. The molecule has 0 aliphatic carbocycles. The number of urea groups is 1. The summed E-state index contributed by atoms with van der Waals surface area (Å²) >= 11 is 1.50. The van der Waals surface area contributed by atoms with E-state index in [4.69, 9.17) is 5.11 Å². The highest BCUT2D eigenvalue weighted by atomic mass is 32.2. The van der Waals surface area contributed by atoms with E-state index in [2.05, 4.69) is 10.6 Å². The molecule has 3 N–H and O–H groups in total. The number of carboxylic acids is 1. The first-order chi connectivity index (χ1) is 12.5. The summed E-state index contributed by atoms with van der Waals surface area (Å²) in [7, 11) is 0. The molecule has 0 fully saturated rings. The van der Waals surface area contributed by atoms with E-state index in [-0.39, 0.29) is 24.9 Å². The van der Waals surface area contributed by atoms with Gasteiger partial charge in [0.25, 0.3) is 11.8 Å². The first kappa shape index (κ1) is 19.8. The molecule has 0 aromatic heterocycles.